The van der Waals surface area contributed by atoms with E-state index < -0.39 is 5.97 Å². The van der Waals surface area contributed by atoms with Gasteiger partial charge in [0.1, 0.15) is 0 Å². The first-order valence-electron chi connectivity index (χ1n) is 5.85. The Morgan fingerprint density at radius 3 is 2.59 bits per heavy atom. The number of carboxylic acids is 1. The Balaban J connectivity index is 2.19. The molecule has 1 saturated heterocycles. The lowest BCUT2D eigenvalue weighted by Crippen LogP contribution is -2.33. The topological polar surface area (TPSA) is 40.5 Å². The van der Waals surface area contributed by atoms with Gasteiger partial charge in [-0.25, -0.2) is 4.79 Å². The van der Waals surface area contributed by atoms with E-state index >= 15 is 0 Å². The third kappa shape index (κ3) is 2.91. The van der Waals surface area contributed by atoms with Crippen molar-refractivity contribution in [3.8, 4) is 0 Å². The lowest BCUT2D eigenvalue weighted by Gasteiger charge is -2.32. The molecule has 1 fully saturated rings. The zero-order chi connectivity index (χ0) is 12.4. The molecule has 1 aliphatic heterocycles. The van der Waals surface area contributed by atoms with Crippen LogP contribution in [0.3, 0.4) is 0 Å². The second kappa shape index (κ2) is 5.25. The van der Waals surface area contributed by atoms with Gasteiger partial charge in [0, 0.05) is 16.7 Å². The third-order valence-corrected chi connectivity index (χ3v) is 4.18. The number of carboxylic acid groups (broad SMARTS) is 1. The fraction of sp³-hybridized carbons (Fsp3) is 0.462. The molecule has 4 heteroatoms. The molecular formula is C13H16INO2. The molecule has 0 amide bonds. The zero-order valence-corrected chi connectivity index (χ0v) is 12.0. The van der Waals surface area contributed by atoms with Crippen LogP contribution in [0.4, 0.5) is 5.69 Å². The van der Waals surface area contributed by atoms with Crippen molar-refractivity contribution in [2.24, 2.45) is 5.92 Å². The number of anilines is 1. The van der Waals surface area contributed by atoms with Gasteiger partial charge in [0.2, 0.25) is 0 Å². The average molecular weight is 345 g/mol. The van der Waals surface area contributed by atoms with Crippen molar-refractivity contribution in [3.05, 3.63) is 27.3 Å². The van der Waals surface area contributed by atoms with Gasteiger partial charge in [0.15, 0.2) is 0 Å². The Morgan fingerprint density at radius 1 is 1.41 bits per heavy atom. The van der Waals surface area contributed by atoms with Gasteiger partial charge < -0.3 is 10.0 Å². The number of halogens is 1. The van der Waals surface area contributed by atoms with Crippen LogP contribution in [-0.4, -0.2) is 24.2 Å². The summed E-state index contributed by atoms with van der Waals surface area (Å²) in [4.78, 5) is 13.2. The van der Waals surface area contributed by atoms with Crippen molar-refractivity contribution in [2.45, 2.75) is 19.8 Å². The third-order valence-electron chi connectivity index (χ3n) is 3.32. The molecule has 1 N–H and O–H groups in total. The van der Waals surface area contributed by atoms with Gasteiger partial charge >= 0.3 is 5.97 Å². The van der Waals surface area contributed by atoms with Crippen molar-refractivity contribution in [1.29, 1.82) is 0 Å². The van der Waals surface area contributed by atoms with Crippen LogP contribution in [0.1, 0.15) is 30.1 Å². The maximum atomic E-state index is 10.9. The minimum absolute atomic E-state index is 0.364. The molecule has 0 atom stereocenters. The number of hydrogen-bond donors (Lipinski definition) is 1. The molecule has 0 saturated carbocycles. The molecule has 0 radical (unpaired) electrons. The van der Waals surface area contributed by atoms with Gasteiger partial charge in [-0.3, -0.25) is 0 Å². The first-order chi connectivity index (χ1) is 8.08. The predicted octanol–water partition coefficient (Wildman–Crippen LogP) is 3.23. The summed E-state index contributed by atoms with van der Waals surface area (Å²) in [5.74, 6) is -0.0519. The highest BCUT2D eigenvalue weighted by Gasteiger charge is 2.18. The zero-order valence-electron chi connectivity index (χ0n) is 9.82. The van der Waals surface area contributed by atoms with Gasteiger partial charge in [-0.1, -0.05) is 6.92 Å². The molecule has 3 nitrogen and oxygen atoms in total. The molecule has 2 rings (SSSR count). The minimum atomic E-state index is -0.860. The number of nitrogens with zero attached hydrogens (tertiary/aromatic N) is 1. The highest BCUT2D eigenvalue weighted by atomic mass is 127. The van der Waals surface area contributed by atoms with Crippen molar-refractivity contribution < 1.29 is 9.90 Å². The molecule has 0 bridgehead atoms. The Hall–Kier alpha value is -0.780. The lowest BCUT2D eigenvalue weighted by molar-refractivity contribution is 0.0697. The lowest BCUT2D eigenvalue weighted by atomic mass is 9.99. The number of carbonyl (C=O) groups is 1. The van der Waals surface area contributed by atoms with E-state index in [1.165, 1.54) is 18.5 Å². The van der Waals surface area contributed by atoms with Gasteiger partial charge in [0.05, 0.1) is 11.3 Å². The molecule has 0 aromatic heterocycles. The number of rotatable bonds is 2. The van der Waals surface area contributed by atoms with Crippen LogP contribution in [0.5, 0.6) is 0 Å². The standard InChI is InChI=1S/C13H16INO2/c1-9-4-6-15(7-5-9)12-3-2-10(13(16)17)8-11(12)14/h2-3,8-9H,4-7H2,1H3,(H,16,17). The summed E-state index contributed by atoms with van der Waals surface area (Å²) in [5.41, 5.74) is 1.53. The predicted molar refractivity (Wildman–Crippen MR) is 76.7 cm³/mol. The van der Waals surface area contributed by atoms with Crippen molar-refractivity contribution in [2.75, 3.05) is 18.0 Å². The van der Waals surface area contributed by atoms with E-state index in [0.29, 0.717) is 5.56 Å². The molecule has 0 aliphatic carbocycles. The van der Waals surface area contributed by atoms with E-state index in [0.717, 1.165) is 22.6 Å². The summed E-state index contributed by atoms with van der Waals surface area (Å²) in [6.45, 7) is 4.43. The van der Waals surface area contributed by atoms with E-state index in [4.69, 9.17) is 5.11 Å². The van der Waals surface area contributed by atoms with E-state index in [2.05, 4.69) is 34.4 Å². The summed E-state index contributed by atoms with van der Waals surface area (Å²) in [7, 11) is 0. The SMILES string of the molecule is CC1CCN(c2ccc(C(=O)O)cc2I)CC1. The van der Waals surface area contributed by atoms with Crippen LogP contribution in [0.25, 0.3) is 0 Å². The average Bonchev–Trinajstić information content (AvgIpc) is 2.30. The summed E-state index contributed by atoms with van der Waals surface area (Å²) >= 11 is 2.22. The molecule has 17 heavy (non-hydrogen) atoms. The monoisotopic (exact) mass is 345 g/mol. The van der Waals surface area contributed by atoms with E-state index in [9.17, 15) is 4.79 Å². The maximum absolute atomic E-state index is 10.9. The fourth-order valence-electron chi connectivity index (χ4n) is 2.15. The second-order valence-electron chi connectivity index (χ2n) is 4.64. The summed E-state index contributed by atoms with van der Waals surface area (Å²) in [6, 6.07) is 5.37. The molecule has 92 valence electrons. The largest absolute Gasteiger partial charge is 0.478 e. The number of piperidine rings is 1. The fourth-order valence-corrected chi connectivity index (χ4v) is 3.00. The molecule has 1 heterocycles. The summed E-state index contributed by atoms with van der Waals surface area (Å²) in [5, 5.41) is 8.93. The van der Waals surface area contributed by atoms with Crippen molar-refractivity contribution in [3.63, 3.8) is 0 Å². The molecule has 1 aliphatic rings. The van der Waals surface area contributed by atoms with E-state index in [1.807, 2.05) is 6.07 Å². The maximum Gasteiger partial charge on any atom is 0.335 e. The molecule has 1 aromatic rings. The molecule has 0 unspecified atom stereocenters. The van der Waals surface area contributed by atoms with Crippen LogP contribution in [0.15, 0.2) is 18.2 Å². The first kappa shape index (κ1) is 12.7. The molecule has 0 spiro atoms. The minimum Gasteiger partial charge on any atom is -0.478 e. The van der Waals surface area contributed by atoms with Crippen LogP contribution in [-0.2, 0) is 0 Å². The van der Waals surface area contributed by atoms with E-state index in [1.54, 1.807) is 12.1 Å². The Labute approximate surface area is 115 Å². The number of benzene rings is 1. The number of aromatic carboxylic acids is 1. The highest BCUT2D eigenvalue weighted by Crippen LogP contribution is 2.28. The van der Waals surface area contributed by atoms with Crippen LogP contribution in [0.2, 0.25) is 0 Å². The summed E-state index contributed by atoms with van der Waals surface area (Å²) in [6.07, 6.45) is 2.44. The van der Waals surface area contributed by atoms with Gasteiger partial charge in [-0.2, -0.15) is 0 Å². The van der Waals surface area contributed by atoms with Gasteiger partial charge in [-0.15, -0.1) is 0 Å². The second-order valence-corrected chi connectivity index (χ2v) is 5.80. The van der Waals surface area contributed by atoms with Crippen molar-refractivity contribution >= 4 is 34.2 Å². The van der Waals surface area contributed by atoms with Gasteiger partial charge in [-0.05, 0) is 59.5 Å². The Kier molecular flexibility index (Phi) is 3.91. The van der Waals surface area contributed by atoms with Crippen LogP contribution >= 0.6 is 22.6 Å². The van der Waals surface area contributed by atoms with Crippen LogP contribution < -0.4 is 4.90 Å². The number of hydrogen-bond acceptors (Lipinski definition) is 2. The van der Waals surface area contributed by atoms with E-state index in [-0.39, 0.29) is 0 Å². The Morgan fingerprint density at radius 2 is 2.06 bits per heavy atom. The van der Waals surface area contributed by atoms with Crippen LogP contribution in [0, 0.1) is 9.49 Å². The van der Waals surface area contributed by atoms with Gasteiger partial charge in [0.25, 0.3) is 0 Å². The molecule has 1 aromatic carbocycles. The van der Waals surface area contributed by atoms with Crippen molar-refractivity contribution in [1.82, 2.24) is 0 Å². The quantitative estimate of drug-likeness (QED) is 0.837. The first-order valence-corrected chi connectivity index (χ1v) is 6.93. The highest BCUT2D eigenvalue weighted by molar-refractivity contribution is 14.1. The normalized spacial score (nSPS) is 17.2. The summed E-state index contributed by atoms with van der Waals surface area (Å²) < 4.78 is 1.03. The Bertz CT molecular complexity index is 425. The smallest absolute Gasteiger partial charge is 0.335 e. The molecular weight excluding hydrogens is 329 g/mol.